The minimum Gasteiger partial charge on any atom is -0.354 e. The lowest BCUT2D eigenvalue weighted by Gasteiger charge is -2.39. The molecule has 0 bridgehead atoms. The third-order valence-corrected chi connectivity index (χ3v) is 4.59. The van der Waals surface area contributed by atoms with Gasteiger partial charge in [0.2, 0.25) is 5.91 Å². The number of piperazine rings is 1. The Morgan fingerprint density at radius 3 is 2.48 bits per heavy atom. The molecule has 1 aliphatic heterocycles. The van der Waals surface area contributed by atoms with Crippen molar-refractivity contribution in [2.24, 2.45) is 5.92 Å². The van der Waals surface area contributed by atoms with Crippen LogP contribution in [-0.4, -0.2) is 61.5 Å². The Hall–Kier alpha value is -1.46. The summed E-state index contributed by atoms with van der Waals surface area (Å²) in [6.07, 6.45) is 0.0974. The van der Waals surface area contributed by atoms with Crippen LogP contribution in [0.25, 0.3) is 0 Å². The smallest absolute Gasteiger partial charge is 0.224 e. The van der Waals surface area contributed by atoms with Gasteiger partial charge in [-0.05, 0) is 24.6 Å². The predicted octanol–water partition coefficient (Wildman–Crippen LogP) is 1.76. The van der Waals surface area contributed by atoms with Gasteiger partial charge < -0.3 is 10.2 Å². The van der Waals surface area contributed by atoms with Crippen molar-refractivity contribution in [2.75, 3.05) is 39.8 Å². The summed E-state index contributed by atoms with van der Waals surface area (Å²) >= 11 is 0. The third kappa shape index (κ3) is 5.29. The van der Waals surface area contributed by atoms with Crippen molar-refractivity contribution in [1.29, 1.82) is 0 Å². The van der Waals surface area contributed by atoms with Crippen LogP contribution in [0.15, 0.2) is 24.3 Å². The number of nitrogens with one attached hydrogen (secondary N) is 1. The number of likely N-dealkylation sites (N-methyl/N-ethyl adjacent to an activating group) is 1. The molecule has 1 aromatic rings. The van der Waals surface area contributed by atoms with Gasteiger partial charge in [0.25, 0.3) is 0 Å². The number of rotatable bonds is 6. The van der Waals surface area contributed by atoms with Crippen molar-refractivity contribution in [2.45, 2.75) is 26.3 Å². The highest BCUT2D eigenvalue weighted by atomic mass is 19.1. The van der Waals surface area contributed by atoms with E-state index in [4.69, 9.17) is 0 Å². The summed E-state index contributed by atoms with van der Waals surface area (Å²) < 4.78 is 13.6. The van der Waals surface area contributed by atoms with Crippen molar-refractivity contribution in [3.63, 3.8) is 0 Å². The van der Waals surface area contributed by atoms with E-state index in [1.165, 1.54) is 6.07 Å². The van der Waals surface area contributed by atoms with Gasteiger partial charge in [-0.3, -0.25) is 9.69 Å². The second-order valence-corrected chi connectivity index (χ2v) is 6.72. The maximum absolute atomic E-state index is 13.6. The van der Waals surface area contributed by atoms with E-state index in [0.717, 1.165) is 26.2 Å². The van der Waals surface area contributed by atoms with Gasteiger partial charge in [-0.2, -0.15) is 0 Å². The monoisotopic (exact) mass is 321 g/mol. The van der Waals surface area contributed by atoms with Crippen LogP contribution in [0.4, 0.5) is 4.39 Å². The van der Waals surface area contributed by atoms with Crippen LogP contribution in [0.2, 0.25) is 0 Å². The Morgan fingerprint density at radius 2 is 1.87 bits per heavy atom. The predicted molar refractivity (Wildman–Crippen MR) is 90.8 cm³/mol. The lowest BCUT2D eigenvalue weighted by atomic mass is 10.0. The number of hydrogen-bond donors (Lipinski definition) is 1. The van der Waals surface area contributed by atoms with Gasteiger partial charge >= 0.3 is 0 Å². The molecule has 23 heavy (non-hydrogen) atoms. The van der Waals surface area contributed by atoms with Gasteiger partial charge in [-0.1, -0.05) is 32.0 Å². The SMILES string of the molecule is CC(C)C(CNC(=O)Cc1ccccc1F)N1CCN(C)CC1. The van der Waals surface area contributed by atoms with Crippen LogP contribution in [0, 0.1) is 11.7 Å². The summed E-state index contributed by atoms with van der Waals surface area (Å²) in [6.45, 7) is 9.18. The van der Waals surface area contributed by atoms with Crippen molar-refractivity contribution in [3.8, 4) is 0 Å². The summed E-state index contributed by atoms with van der Waals surface area (Å²) in [5.74, 6) is 0.0316. The topological polar surface area (TPSA) is 35.6 Å². The Labute approximate surface area is 138 Å². The average Bonchev–Trinajstić information content (AvgIpc) is 2.51. The normalized spacial score (nSPS) is 18.1. The lowest BCUT2D eigenvalue weighted by molar-refractivity contribution is -0.120. The molecule has 1 N–H and O–H groups in total. The Balaban J connectivity index is 1.86. The zero-order valence-corrected chi connectivity index (χ0v) is 14.4. The number of halogens is 1. The van der Waals surface area contributed by atoms with Crippen molar-refractivity contribution >= 4 is 5.91 Å². The summed E-state index contributed by atoms with van der Waals surface area (Å²) in [6, 6.07) is 6.78. The summed E-state index contributed by atoms with van der Waals surface area (Å²) in [5.41, 5.74) is 0.450. The van der Waals surface area contributed by atoms with Gasteiger partial charge in [0.1, 0.15) is 5.82 Å². The fourth-order valence-electron chi connectivity index (χ4n) is 3.04. The first-order valence-electron chi connectivity index (χ1n) is 8.40. The molecule has 2 rings (SSSR count). The van der Waals surface area contributed by atoms with Crippen molar-refractivity contribution in [3.05, 3.63) is 35.6 Å². The van der Waals surface area contributed by atoms with E-state index >= 15 is 0 Å². The number of nitrogens with zero attached hydrogens (tertiary/aromatic N) is 2. The molecule has 0 saturated carbocycles. The minimum atomic E-state index is -0.317. The maximum Gasteiger partial charge on any atom is 0.224 e. The first-order chi connectivity index (χ1) is 11.0. The molecule has 1 aromatic carbocycles. The van der Waals surface area contributed by atoms with Gasteiger partial charge in [0.15, 0.2) is 0 Å². The van der Waals surface area contributed by atoms with E-state index in [0.29, 0.717) is 24.1 Å². The molecule has 0 spiro atoms. The molecule has 0 radical (unpaired) electrons. The maximum atomic E-state index is 13.6. The number of carbonyl (C=O) groups excluding carboxylic acids is 1. The quantitative estimate of drug-likeness (QED) is 0.867. The molecule has 1 saturated heterocycles. The minimum absolute atomic E-state index is 0.0974. The van der Waals surface area contributed by atoms with Gasteiger partial charge in [0, 0.05) is 38.8 Å². The van der Waals surface area contributed by atoms with Crippen LogP contribution < -0.4 is 5.32 Å². The van der Waals surface area contributed by atoms with Crippen molar-refractivity contribution < 1.29 is 9.18 Å². The van der Waals surface area contributed by atoms with Crippen LogP contribution in [0.3, 0.4) is 0 Å². The molecule has 1 heterocycles. The Bertz CT molecular complexity index is 513. The zero-order valence-electron chi connectivity index (χ0n) is 14.4. The van der Waals surface area contributed by atoms with Crippen LogP contribution in [0.5, 0.6) is 0 Å². The van der Waals surface area contributed by atoms with Gasteiger partial charge in [-0.25, -0.2) is 4.39 Å². The lowest BCUT2D eigenvalue weighted by Crippen LogP contribution is -2.54. The van der Waals surface area contributed by atoms with E-state index in [2.05, 4.69) is 36.0 Å². The molecule has 128 valence electrons. The first-order valence-corrected chi connectivity index (χ1v) is 8.40. The standard InChI is InChI=1S/C18H28FN3O/c1-14(2)17(22-10-8-21(3)9-11-22)13-20-18(23)12-15-6-4-5-7-16(15)19/h4-7,14,17H,8-13H2,1-3H3,(H,20,23). The average molecular weight is 321 g/mol. The van der Waals surface area contributed by atoms with Crippen LogP contribution in [-0.2, 0) is 11.2 Å². The zero-order chi connectivity index (χ0) is 16.8. The van der Waals surface area contributed by atoms with E-state index in [-0.39, 0.29) is 18.1 Å². The summed E-state index contributed by atoms with van der Waals surface area (Å²) in [7, 11) is 2.14. The summed E-state index contributed by atoms with van der Waals surface area (Å²) in [4.78, 5) is 16.9. The van der Waals surface area contributed by atoms with Crippen LogP contribution in [0.1, 0.15) is 19.4 Å². The number of amides is 1. The fourth-order valence-corrected chi connectivity index (χ4v) is 3.04. The van der Waals surface area contributed by atoms with E-state index in [1.54, 1.807) is 18.2 Å². The largest absolute Gasteiger partial charge is 0.354 e. The first kappa shape index (κ1) is 17.9. The van der Waals surface area contributed by atoms with E-state index in [9.17, 15) is 9.18 Å². The third-order valence-electron chi connectivity index (χ3n) is 4.59. The Morgan fingerprint density at radius 1 is 1.22 bits per heavy atom. The molecule has 4 nitrogen and oxygen atoms in total. The van der Waals surface area contributed by atoms with Gasteiger partial charge in [-0.15, -0.1) is 0 Å². The molecule has 0 aliphatic carbocycles. The molecule has 1 amide bonds. The molecule has 1 atom stereocenters. The fraction of sp³-hybridized carbons (Fsp3) is 0.611. The molecule has 5 heteroatoms. The number of carbonyl (C=O) groups is 1. The number of hydrogen-bond acceptors (Lipinski definition) is 3. The summed E-state index contributed by atoms with van der Waals surface area (Å²) in [5, 5.41) is 2.99. The van der Waals surface area contributed by atoms with Crippen LogP contribution >= 0.6 is 0 Å². The second kappa shape index (κ2) is 8.41. The molecule has 1 aliphatic rings. The Kier molecular flexibility index (Phi) is 6.54. The number of benzene rings is 1. The highest BCUT2D eigenvalue weighted by Crippen LogP contribution is 2.13. The van der Waals surface area contributed by atoms with Crippen molar-refractivity contribution in [1.82, 2.24) is 15.1 Å². The molecular weight excluding hydrogens is 293 g/mol. The molecular formula is C18H28FN3O. The molecule has 0 aromatic heterocycles. The van der Waals surface area contributed by atoms with Gasteiger partial charge in [0.05, 0.1) is 6.42 Å². The second-order valence-electron chi connectivity index (χ2n) is 6.72. The molecule has 1 unspecified atom stereocenters. The molecule has 1 fully saturated rings. The highest BCUT2D eigenvalue weighted by Gasteiger charge is 2.25. The van der Waals surface area contributed by atoms with E-state index < -0.39 is 0 Å². The van der Waals surface area contributed by atoms with E-state index in [1.807, 2.05) is 0 Å². The highest BCUT2D eigenvalue weighted by molar-refractivity contribution is 5.78.